The third kappa shape index (κ3) is 4.88. The Hall–Kier alpha value is -4.35. The van der Waals surface area contributed by atoms with Crippen molar-refractivity contribution in [2.45, 2.75) is 38.9 Å². The molecule has 1 unspecified atom stereocenters. The minimum atomic E-state index is -1.13. The highest BCUT2D eigenvalue weighted by atomic mass is 16.5. The molecule has 0 saturated heterocycles. The molecule has 4 rings (SSSR count). The third-order valence-corrected chi connectivity index (χ3v) is 5.66. The van der Waals surface area contributed by atoms with E-state index in [0.29, 0.717) is 22.8 Å². The third-order valence-electron chi connectivity index (χ3n) is 5.66. The molecule has 3 aromatic rings. The Morgan fingerprint density at radius 1 is 1.22 bits per heavy atom. The summed E-state index contributed by atoms with van der Waals surface area (Å²) in [6.07, 6.45) is 2.92. The fourth-order valence-corrected chi connectivity index (χ4v) is 3.75. The highest BCUT2D eigenvalue weighted by Gasteiger charge is 2.32. The summed E-state index contributed by atoms with van der Waals surface area (Å²) in [4.78, 5) is 20.8. The summed E-state index contributed by atoms with van der Waals surface area (Å²) in [5.41, 5.74) is 1.96. The van der Waals surface area contributed by atoms with Gasteiger partial charge in [-0.3, -0.25) is 9.36 Å². The SMILES string of the molecule is COc1c(NC2=C(C(=O)O)C=NC(C)(Nc3cc(C(C)(C)C)nn3C)N2)cccc1-c1ncn(C)n1. The summed E-state index contributed by atoms with van der Waals surface area (Å²) < 4.78 is 9.00. The number of aliphatic imine (C=N–C) groups is 1. The maximum atomic E-state index is 12.0. The molecule has 0 aliphatic carbocycles. The van der Waals surface area contributed by atoms with Gasteiger partial charge in [0, 0.05) is 31.8 Å². The van der Waals surface area contributed by atoms with E-state index in [-0.39, 0.29) is 16.8 Å². The van der Waals surface area contributed by atoms with Gasteiger partial charge < -0.3 is 25.8 Å². The standard InChI is InChI=1S/C24H31N9O3/c1-23(2,3)17-11-18(33(6)30-17)28-24(4)26-12-15(22(34)35)21(29-24)27-16-10-8-9-14(19(16)36-7)20-25-13-32(5)31-20/h8-13,27-29H,1-7H3,(H,34,35). The summed E-state index contributed by atoms with van der Waals surface area (Å²) in [5, 5.41) is 28.5. The van der Waals surface area contributed by atoms with Gasteiger partial charge in [0.25, 0.3) is 0 Å². The second-order valence-electron chi connectivity index (χ2n) is 9.72. The van der Waals surface area contributed by atoms with E-state index >= 15 is 0 Å². The molecule has 0 amide bonds. The van der Waals surface area contributed by atoms with Crippen LogP contribution in [0.4, 0.5) is 11.5 Å². The van der Waals surface area contributed by atoms with Crippen LogP contribution in [0.1, 0.15) is 33.4 Å². The van der Waals surface area contributed by atoms with Crippen molar-refractivity contribution >= 4 is 23.7 Å². The van der Waals surface area contributed by atoms with Gasteiger partial charge in [0.2, 0.25) is 5.79 Å². The van der Waals surface area contributed by atoms with Gasteiger partial charge in [0.05, 0.1) is 24.1 Å². The maximum absolute atomic E-state index is 12.0. The first-order valence-electron chi connectivity index (χ1n) is 11.3. The van der Waals surface area contributed by atoms with Crippen LogP contribution in [0.25, 0.3) is 11.4 Å². The van der Waals surface area contributed by atoms with Crippen LogP contribution in [-0.4, -0.2) is 54.7 Å². The highest BCUT2D eigenvalue weighted by Crippen LogP contribution is 2.36. The summed E-state index contributed by atoms with van der Waals surface area (Å²) in [6.45, 7) is 8.07. The summed E-state index contributed by atoms with van der Waals surface area (Å²) in [6, 6.07) is 7.39. The number of carbonyl (C=O) groups is 1. The number of methoxy groups -OCH3 is 1. The molecule has 1 aliphatic rings. The van der Waals surface area contributed by atoms with E-state index < -0.39 is 11.8 Å². The predicted molar refractivity (Wildman–Crippen MR) is 137 cm³/mol. The van der Waals surface area contributed by atoms with Crippen LogP contribution >= 0.6 is 0 Å². The molecule has 3 heterocycles. The zero-order chi connectivity index (χ0) is 26.3. The minimum Gasteiger partial charge on any atom is -0.494 e. The van der Waals surface area contributed by atoms with Crippen molar-refractivity contribution in [3.05, 3.63) is 47.7 Å². The van der Waals surface area contributed by atoms with Crippen LogP contribution in [-0.2, 0) is 24.3 Å². The average molecular weight is 494 g/mol. The second-order valence-corrected chi connectivity index (χ2v) is 9.72. The molecule has 1 aromatic carbocycles. The van der Waals surface area contributed by atoms with E-state index in [1.54, 1.807) is 35.7 Å². The van der Waals surface area contributed by atoms with Crippen molar-refractivity contribution in [3.8, 4) is 17.1 Å². The van der Waals surface area contributed by atoms with Gasteiger partial charge in [0.1, 0.15) is 23.5 Å². The van der Waals surface area contributed by atoms with Gasteiger partial charge in [-0.05, 0) is 19.1 Å². The van der Waals surface area contributed by atoms with Crippen molar-refractivity contribution in [3.63, 3.8) is 0 Å². The van der Waals surface area contributed by atoms with E-state index in [0.717, 1.165) is 11.5 Å². The number of ether oxygens (including phenoxy) is 1. The molecule has 1 atom stereocenters. The number of nitrogens with zero attached hydrogens (tertiary/aromatic N) is 6. The lowest BCUT2D eigenvalue weighted by molar-refractivity contribution is -0.132. The molecule has 12 heteroatoms. The average Bonchev–Trinajstić information content (AvgIpc) is 3.38. The fraction of sp³-hybridized carbons (Fsp3) is 0.375. The predicted octanol–water partition coefficient (Wildman–Crippen LogP) is 2.69. The van der Waals surface area contributed by atoms with Crippen molar-refractivity contribution in [1.29, 1.82) is 0 Å². The molecular formula is C24H31N9O3. The lowest BCUT2D eigenvalue weighted by Gasteiger charge is -2.34. The van der Waals surface area contributed by atoms with Crippen LogP contribution < -0.4 is 20.7 Å². The van der Waals surface area contributed by atoms with Crippen LogP contribution in [0.2, 0.25) is 0 Å². The number of nitrogens with one attached hydrogen (secondary N) is 3. The zero-order valence-electron chi connectivity index (χ0n) is 21.4. The van der Waals surface area contributed by atoms with Crippen LogP contribution in [0.15, 0.2) is 47.0 Å². The van der Waals surface area contributed by atoms with E-state index in [4.69, 9.17) is 4.74 Å². The maximum Gasteiger partial charge on any atom is 0.340 e. The van der Waals surface area contributed by atoms with Gasteiger partial charge in [-0.25, -0.2) is 14.8 Å². The van der Waals surface area contributed by atoms with Gasteiger partial charge >= 0.3 is 5.97 Å². The molecule has 0 radical (unpaired) electrons. The first-order chi connectivity index (χ1) is 16.9. The Morgan fingerprint density at radius 2 is 1.97 bits per heavy atom. The summed E-state index contributed by atoms with van der Waals surface area (Å²) in [7, 11) is 5.16. The van der Waals surface area contributed by atoms with Crippen molar-refractivity contribution in [1.82, 2.24) is 29.9 Å². The number of hydrogen-bond acceptors (Lipinski definition) is 9. The lowest BCUT2D eigenvalue weighted by Crippen LogP contribution is -2.51. The number of carboxylic acids is 1. The lowest BCUT2D eigenvalue weighted by atomic mass is 9.92. The number of rotatable bonds is 7. The van der Waals surface area contributed by atoms with E-state index in [2.05, 4.69) is 56.9 Å². The molecular weight excluding hydrogens is 462 g/mol. The molecule has 2 aromatic heterocycles. The molecule has 0 spiro atoms. The number of anilines is 2. The van der Waals surface area contributed by atoms with E-state index in [9.17, 15) is 9.90 Å². The van der Waals surface area contributed by atoms with Gasteiger partial charge in [-0.1, -0.05) is 26.8 Å². The second kappa shape index (κ2) is 9.02. The zero-order valence-corrected chi connectivity index (χ0v) is 21.4. The van der Waals surface area contributed by atoms with Crippen LogP contribution in [0.3, 0.4) is 0 Å². The number of aryl methyl sites for hydroxylation is 2. The Labute approximate surface area is 209 Å². The summed E-state index contributed by atoms with van der Waals surface area (Å²) in [5.74, 6) is -0.256. The summed E-state index contributed by atoms with van der Waals surface area (Å²) >= 11 is 0. The molecule has 0 fully saturated rings. The van der Waals surface area contributed by atoms with Crippen LogP contribution in [0, 0.1) is 0 Å². The van der Waals surface area contributed by atoms with Gasteiger partial charge in [-0.2, -0.15) is 10.2 Å². The molecule has 0 saturated carbocycles. The molecule has 4 N–H and O–H groups in total. The van der Waals surface area contributed by atoms with Crippen molar-refractivity contribution in [2.24, 2.45) is 19.1 Å². The van der Waals surface area contributed by atoms with E-state index in [1.165, 1.54) is 13.3 Å². The Kier molecular flexibility index (Phi) is 6.21. The minimum absolute atomic E-state index is 0.0296. The molecule has 0 bridgehead atoms. The normalized spacial score (nSPS) is 17.6. The van der Waals surface area contributed by atoms with E-state index in [1.807, 2.05) is 25.2 Å². The number of hydrogen-bond donors (Lipinski definition) is 4. The first kappa shape index (κ1) is 24.8. The number of aromatic nitrogens is 5. The van der Waals surface area contributed by atoms with Crippen molar-refractivity contribution < 1.29 is 14.6 Å². The fourth-order valence-electron chi connectivity index (χ4n) is 3.75. The Morgan fingerprint density at radius 3 is 2.56 bits per heavy atom. The van der Waals surface area contributed by atoms with Gasteiger partial charge in [0.15, 0.2) is 11.6 Å². The largest absolute Gasteiger partial charge is 0.494 e. The highest BCUT2D eigenvalue weighted by molar-refractivity contribution is 6.10. The Balaban J connectivity index is 1.67. The number of carboxylic acid groups (broad SMARTS) is 1. The molecule has 12 nitrogen and oxygen atoms in total. The monoisotopic (exact) mass is 493 g/mol. The topological polar surface area (TPSA) is 144 Å². The quantitative estimate of drug-likeness (QED) is 0.390. The van der Waals surface area contributed by atoms with Crippen LogP contribution in [0.5, 0.6) is 5.75 Å². The van der Waals surface area contributed by atoms with Gasteiger partial charge in [-0.15, -0.1) is 0 Å². The number of benzene rings is 1. The number of para-hydroxylation sites is 1. The van der Waals surface area contributed by atoms with Crippen molar-refractivity contribution in [2.75, 3.05) is 17.7 Å². The molecule has 190 valence electrons. The molecule has 36 heavy (non-hydrogen) atoms. The first-order valence-corrected chi connectivity index (χ1v) is 11.3. The Bertz CT molecular complexity index is 1360. The molecule has 1 aliphatic heterocycles. The number of aliphatic carboxylic acids is 1. The smallest absolute Gasteiger partial charge is 0.340 e.